The fourth-order valence-electron chi connectivity index (χ4n) is 2.18. The van der Waals surface area contributed by atoms with E-state index in [-0.39, 0.29) is 23.3 Å². The first kappa shape index (κ1) is 19.0. The number of amides is 1. The van der Waals surface area contributed by atoms with E-state index in [1.165, 1.54) is 12.1 Å². The van der Waals surface area contributed by atoms with Gasteiger partial charge in [-0.25, -0.2) is 8.42 Å². The van der Waals surface area contributed by atoms with Crippen LogP contribution in [-0.2, 0) is 21.4 Å². The third-order valence-corrected chi connectivity index (χ3v) is 5.17. The molecule has 0 radical (unpaired) electrons. The molecule has 0 unspecified atom stereocenters. The molecule has 0 aromatic heterocycles. The lowest BCUT2D eigenvalue weighted by molar-refractivity contribution is -0.123. The van der Waals surface area contributed by atoms with Gasteiger partial charge in [-0.05, 0) is 29.7 Å². The van der Waals surface area contributed by atoms with Gasteiger partial charge in [-0.1, -0.05) is 50.2 Å². The summed E-state index contributed by atoms with van der Waals surface area (Å²) < 4.78 is 27.5. The maximum absolute atomic E-state index is 12.5. The summed E-state index contributed by atoms with van der Waals surface area (Å²) in [6.07, 6.45) is 0. The molecule has 134 valence electrons. The number of sulfonamides is 1. The van der Waals surface area contributed by atoms with Crippen molar-refractivity contribution in [3.8, 4) is 0 Å². The minimum absolute atomic E-state index is 0.0202. The van der Waals surface area contributed by atoms with Crippen LogP contribution in [0.1, 0.15) is 19.4 Å². The number of carbonyl (C=O) groups excluding carboxylic acids is 1. The normalized spacial score (nSPS) is 12.6. The Bertz CT molecular complexity index is 820. The highest BCUT2D eigenvalue weighted by atomic mass is 32.2. The van der Waals surface area contributed by atoms with Crippen molar-refractivity contribution >= 4 is 21.6 Å². The fourth-order valence-corrected chi connectivity index (χ4v) is 3.30. The van der Waals surface area contributed by atoms with Crippen LogP contribution in [0.15, 0.2) is 59.5 Å². The van der Waals surface area contributed by atoms with Crippen LogP contribution in [0.3, 0.4) is 0 Å². The van der Waals surface area contributed by atoms with Crippen molar-refractivity contribution in [3.63, 3.8) is 0 Å². The summed E-state index contributed by atoms with van der Waals surface area (Å²) in [5, 5.41) is 2.75. The molecule has 0 aliphatic rings. The molecule has 1 atom stereocenters. The molecule has 0 saturated carbocycles. The molecule has 0 aliphatic carbocycles. The van der Waals surface area contributed by atoms with Gasteiger partial charge < -0.3 is 11.1 Å². The first-order valence-corrected chi connectivity index (χ1v) is 9.48. The van der Waals surface area contributed by atoms with Crippen molar-refractivity contribution in [1.82, 2.24) is 5.32 Å². The smallest absolute Gasteiger partial charge is 0.261 e. The molecule has 0 bridgehead atoms. The quantitative estimate of drug-likeness (QED) is 0.703. The zero-order valence-corrected chi connectivity index (χ0v) is 15.1. The SMILES string of the molecule is CC(C)[C@H](N)C(=O)NCc1ccccc1NS(=O)(=O)c1ccccc1. The Labute approximate surface area is 148 Å². The molecule has 1 amide bonds. The van der Waals surface area contributed by atoms with Gasteiger partial charge in [-0.3, -0.25) is 9.52 Å². The van der Waals surface area contributed by atoms with Gasteiger partial charge in [-0.15, -0.1) is 0 Å². The van der Waals surface area contributed by atoms with Crippen molar-refractivity contribution in [2.45, 2.75) is 31.3 Å². The van der Waals surface area contributed by atoms with Crippen LogP contribution in [0.25, 0.3) is 0 Å². The summed E-state index contributed by atoms with van der Waals surface area (Å²) in [4.78, 5) is 12.2. The van der Waals surface area contributed by atoms with Gasteiger partial charge in [-0.2, -0.15) is 0 Å². The van der Waals surface area contributed by atoms with E-state index >= 15 is 0 Å². The van der Waals surface area contributed by atoms with Crippen LogP contribution < -0.4 is 15.8 Å². The molecule has 0 spiro atoms. The topological polar surface area (TPSA) is 101 Å². The molecule has 0 heterocycles. The van der Waals surface area contributed by atoms with Crippen molar-refractivity contribution in [1.29, 1.82) is 0 Å². The first-order chi connectivity index (χ1) is 11.8. The molecular weight excluding hydrogens is 338 g/mol. The van der Waals surface area contributed by atoms with E-state index in [1.807, 2.05) is 13.8 Å². The second-order valence-corrected chi connectivity index (χ2v) is 7.75. The van der Waals surface area contributed by atoms with Gasteiger partial charge in [0.25, 0.3) is 10.0 Å². The molecule has 0 aliphatic heterocycles. The average Bonchev–Trinajstić information content (AvgIpc) is 2.60. The van der Waals surface area contributed by atoms with Crippen molar-refractivity contribution in [3.05, 3.63) is 60.2 Å². The number of nitrogens with one attached hydrogen (secondary N) is 2. The highest BCUT2D eigenvalue weighted by Crippen LogP contribution is 2.20. The van der Waals surface area contributed by atoms with Gasteiger partial charge >= 0.3 is 0 Å². The summed E-state index contributed by atoms with van der Waals surface area (Å²) in [5.74, 6) is -0.248. The summed E-state index contributed by atoms with van der Waals surface area (Å²) in [5.41, 5.74) is 6.90. The number of hydrogen-bond donors (Lipinski definition) is 3. The Hall–Kier alpha value is -2.38. The highest BCUT2D eigenvalue weighted by molar-refractivity contribution is 7.92. The van der Waals surface area contributed by atoms with Crippen LogP contribution in [-0.4, -0.2) is 20.4 Å². The second kappa shape index (κ2) is 8.13. The third-order valence-electron chi connectivity index (χ3n) is 3.79. The summed E-state index contributed by atoms with van der Waals surface area (Å²) in [6.45, 7) is 3.92. The maximum atomic E-state index is 12.5. The van der Waals surface area contributed by atoms with Crippen LogP contribution in [0.2, 0.25) is 0 Å². The Morgan fingerprint density at radius 3 is 2.28 bits per heavy atom. The molecule has 0 fully saturated rings. The van der Waals surface area contributed by atoms with Crippen LogP contribution in [0.4, 0.5) is 5.69 Å². The number of anilines is 1. The largest absolute Gasteiger partial charge is 0.351 e. The highest BCUT2D eigenvalue weighted by Gasteiger charge is 2.18. The van der Waals surface area contributed by atoms with Crippen molar-refractivity contribution < 1.29 is 13.2 Å². The predicted octanol–water partition coefficient (Wildman–Crippen LogP) is 2.09. The Balaban J connectivity index is 2.15. The number of hydrogen-bond acceptors (Lipinski definition) is 4. The molecular formula is C18H23N3O3S. The van der Waals surface area contributed by atoms with Crippen LogP contribution in [0, 0.1) is 5.92 Å². The molecule has 2 aromatic rings. The summed E-state index contributed by atoms with van der Waals surface area (Å²) in [6, 6.07) is 14.4. The first-order valence-electron chi connectivity index (χ1n) is 8.00. The minimum Gasteiger partial charge on any atom is -0.351 e. The van der Waals surface area contributed by atoms with E-state index in [1.54, 1.807) is 42.5 Å². The van der Waals surface area contributed by atoms with Gasteiger partial charge in [0, 0.05) is 6.54 Å². The molecule has 2 aromatic carbocycles. The number of para-hydroxylation sites is 1. The van der Waals surface area contributed by atoms with Gasteiger partial charge in [0.15, 0.2) is 0 Å². The maximum Gasteiger partial charge on any atom is 0.261 e. The van der Waals surface area contributed by atoms with Gasteiger partial charge in [0.2, 0.25) is 5.91 Å². The number of benzene rings is 2. The number of rotatable bonds is 7. The van der Waals surface area contributed by atoms with E-state index in [0.29, 0.717) is 11.3 Å². The van der Waals surface area contributed by atoms with Crippen LogP contribution >= 0.6 is 0 Å². The Morgan fingerprint density at radius 2 is 1.64 bits per heavy atom. The van der Waals surface area contributed by atoms with Gasteiger partial charge in [0.1, 0.15) is 0 Å². The fraction of sp³-hybridized carbons (Fsp3) is 0.278. The number of nitrogens with two attached hydrogens (primary N) is 1. The summed E-state index contributed by atoms with van der Waals surface area (Å²) in [7, 11) is -3.69. The molecule has 25 heavy (non-hydrogen) atoms. The predicted molar refractivity (Wildman–Crippen MR) is 98.4 cm³/mol. The van der Waals surface area contributed by atoms with Crippen LogP contribution in [0.5, 0.6) is 0 Å². The molecule has 7 heteroatoms. The van der Waals surface area contributed by atoms with E-state index in [4.69, 9.17) is 5.73 Å². The molecule has 0 saturated heterocycles. The van der Waals surface area contributed by atoms with E-state index < -0.39 is 16.1 Å². The summed E-state index contributed by atoms with van der Waals surface area (Å²) >= 11 is 0. The van der Waals surface area contributed by atoms with Crippen molar-refractivity contribution in [2.75, 3.05) is 4.72 Å². The number of carbonyl (C=O) groups is 1. The lowest BCUT2D eigenvalue weighted by Crippen LogP contribution is -2.43. The lowest BCUT2D eigenvalue weighted by atomic mass is 10.0. The monoisotopic (exact) mass is 361 g/mol. The third kappa shape index (κ3) is 5.04. The van der Waals surface area contributed by atoms with E-state index in [0.717, 1.165) is 0 Å². The molecule has 4 N–H and O–H groups in total. The minimum atomic E-state index is -3.69. The average molecular weight is 361 g/mol. The Morgan fingerprint density at radius 1 is 1.04 bits per heavy atom. The standard InChI is InChI=1S/C18H23N3O3S/c1-13(2)17(19)18(22)20-12-14-8-6-7-11-16(14)21-25(23,24)15-9-4-3-5-10-15/h3-11,13,17,21H,12,19H2,1-2H3,(H,20,22)/t17-/m0/s1. The Kier molecular flexibility index (Phi) is 6.17. The zero-order valence-electron chi connectivity index (χ0n) is 14.3. The second-order valence-electron chi connectivity index (χ2n) is 6.06. The molecule has 6 nitrogen and oxygen atoms in total. The zero-order chi connectivity index (χ0) is 18.4. The van der Waals surface area contributed by atoms with E-state index in [2.05, 4.69) is 10.0 Å². The van der Waals surface area contributed by atoms with Crippen molar-refractivity contribution in [2.24, 2.45) is 11.7 Å². The lowest BCUT2D eigenvalue weighted by Gasteiger charge is -2.17. The van der Waals surface area contributed by atoms with Gasteiger partial charge in [0.05, 0.1) is 16.6 Å². The van der Waals surface area contributed by atoms with E-state index in [9.17, 15) is 13.2 Å². The molecule has 2 rings (SSSR count).